The van der Waals surface area contributed by atoms with Crippen LogP contribution in [0.5, 0.6) is 0 Å². The molecule has 0 N–H and O–H groups in total. The Morgan fingerprint density at radius 2 is 1.50 bits per heavy atom. The third-order valence-corrected chi connectivity index (χ3v) is 2.98. The van der Waals surface area contributed by atoms with Gasteiger partial charge in [0.05, 0.1) is 0 Å². The second-order valence-electron chi connectivity index (χ2n) is 4.18. The van der Waals surface area contributed by atoms with Crippen LogP contribution in [0.3, 0.4) is 0 Å². The molecule has 0 bridgehead atoms. The molecule has 2 aromatic carbocycles. The Morgan fingerprint density at radius 1 is 0.722 bits per heavy atom. The van der Waals surface area contributed by atoms with Gasteiger partial charge < -0.3 is 0 Å². The number of rotatable bonds is 2. The number of aromatic nitrogens is 1. The van der Waals surface area contributed by atoms with Crippen LogP contribution >= 0.6 is 0 Å². The summed E-state index contributed by atoms with van der Waals surface area (Å²) in [6, 6.07) is 18.8. The largest absolute Gasteiger partial charge is 0.265 e. The van der Waals surface area contributed by atoms with E-state index in [9.17, 15) is 0 Å². The van der Waals surface area contributed by atoms with Crippen molar-refractivity contribution in [2.24, 2.45) is 0 Å². The van der Waals surface area contributed by atoms with Crippen molar-refractivity contribution in [2.45, 2.75) is 0 Å². The zero-order valence-electron chi connectivity index (χ0n) is 9.95. The number of benzene rings is 2. The van der Waals surface area contributed by atoms with Gasteiger partial charge in [-0.15, -0.1) is 0 Å². The molecule has 3 rings (SSSR count). The van der Waals surface area contributed by atoms with E-state index in [1.165, 1.54) is 16.3 Å². The summed E-state index contributed by atoms with van der Waals surface area (Å²) in [5.74, 6) is 0. The van der Waals surface area contributed by atoms with Crippen molar-refractivity contribution in [3.05, 3.63) is 78.1 Å². The van der Waals surface area contributed by atoms with Crippen LogP contribution in [0.25, 0.3) is 22.9 Å². The Bertz CT molecular complexity index is 679. The van der Waals surface area contributed by atoms with E-state index in [2.05, 4.69) is 59.6 Å². The smallest absolute Gasteiger partial charge is 0.0273 e. The topological polar surface area (TPSA) is 12.9 Å². The van der Waals surface area contributed by atoms with Crippen LogP contribution in [0.2, 0.25) is 0 Å². The molecule has 0 atom stereocenters. The average Bonchev–Trinajstić information content (AvgIpc) is 2.46. The van der Waals surface area contributed by atoms with Crippen LogP contribution in [0.15, 0.2) is 67.0 Å². The molecule has 0 saturated heterocycles. The van der Waals surface area contributed by atoms with Crippen molar-refractivity contribution >= 4 is 22.9 Å². The summed E-state index contributed by atoms with van der Waals surface area (Å²) < 4.78 is 0. The third kappa shape index (κ3) is 2.16. The van der Waals surface area contributed by atoms with Gasteiger partial charge in [-0.25, -0.2) is 0 Å². The van der Waals surface area contributed by atoms with Gasteiger partial charge in [0.1, 0.15) is 0 Å². The minimum absolute atomic E-state index is 1.16. The summed E-state index contributed by atoms with van der Waals surface area (Å²) in [7, 11) is 0. The van der Waals surface area contributed by atoms with E-state index in [0.29, 0.717) is 0 Å². The Hall–Kier alpha value is -2.41. The first-order chi connectivity index (χ1) is 8.93. The van der Waals surface area contributed by atoms with Crippen molar-refractivity contribution in [1.82, 2.24) is 4.98 Å². The fourth-order valence-corrected chi connectivity index (χ4v) is 2.06. The predicted octanol–water partition coefficient (Wildman–Crippen LogP) is 4.41. The summed E-state index contributed by atoms with van der Waals surface area (Å²) >= 11 is 0. The Morgan fingerprint density at radius 3 is 2.39 bits per heavy atom. The number of pyridine rings is 1. The van der Waals surface area contributed by atoms with Gasteiger partial charge >= 0.3 is 0 Å². The van der Waals surface area contributed by atoms with Gasteiger partial charge in [0.25, 0.3) is 0 Å². The predicted molar refractivity (Wildman–Crippen MR) is 77.1 cm³/mol. The zero-order chi connectivity index (χ0) is 12.2. The average molecular weight is 231 g/mol. The van der Waals surface area contributed by atoms with Crippen LogP contribution < -0.4 is 0 Å². The molecule has 1 heterocycles. The van der Waals surface area contributed by atoms with Gasteiger partial charge in [0, 0.05) is 12.4 Å². The van der Waals surface area contributed by atoms with Gasteiger partial charge in [0.2, 0.25) is 0 Å². The summed E-state index contributed by atoms with van der Waals surface area (Å²) in [5.41, 5.74) is 2.41. The van der Waals surface area contributed by atoms with E-state index in [0.717, 1.165) is 5.56 Å². The molecule has 0 fully saturated rings. The van der Waals surface area contributed by atoms with E-state index < -0.39 is 0 Å². The third-order valence-electron chi connectivity index (χ3n) is 2.98. The molecule has 0 amide bonds. The lowest BCUT2D eigenvalue weighted by molar-refractivity contribution is 1.32. The molecule has 0 aliphatic carbocycles. The van der Waals surface area contributed by atoms with Crippen molar-refractivity contribution < 1.29 is 0 Å². The van der Waals surface area contributed by atoms with Gasteiger partial charge in [-0.3, -0.25) is 4.98 Å². The molecule has 0 aliphatic rings. The SMILES string of the molecule is C(=C/c1cccc2ccccc12)/c1ccncc1. The molecule has 0 saturated carbocycles. The number of hydrogen-bond acceptors (Lipinski definition) is 1. The Balaban J connectivity index is 2.03. The first kappa shape index (κ1) is 10.7. The van der Waals surface area contributed by atoms with E-state index in [1.54, 1.807) is 0 Å². The first-order valence-corrected chi connectivity index (χ1v) is 5.99. The van der Waals surface area contributed by atoms with Crippen LogP contribution in [0.1, 0.15) is 11.1 Å². The second-order valence-corrected chi connectivity index (χ2v) is 4.18. The standard InChI is InChI=1S/C17H13N/c1-2-7-17-15(4-1)5-3-6-16(17)9-8-14-10-12-18-13-11-14/h1-13H/b9-8-. The maximum atomic E-state index is 4.02. The monoisotopic (exact) mass is 231 g/mol. The number of nitrogens with zero attached hydrogens (tertiary/aromatic N) is 1. The zero-order valence-corrected chi connectivity index (χ0v) is 9.95. The quantitative estimate of drug-likeness (QED) is 0.636. The van der Waals surface area contributed by atoms with E-state index >= 15 is 0 Å². The minimum Gasteiger partial charge on any atom is -0.265 e. The fraction of sp³-hybridized carbons (Fsp3) is 0. The maximum Gasteiger partial charge on any atom is 0.0273 e. The van der Waals surface area contributed by atoms with Gasteiger partial charge in [-0.1, -0.05) is 54.6 Å². The minimum atomic E-state index is 1.16. The molecule has 1 nitrogen and oxygen atoms in total. The maximum absolute atomic E-state index is 4.02. The number of hydrogen-bond donors (Lipinski definition) is 0. The first-order valence-electron chi connectivity index (χ1n) is 5.99. The highest BCUT2D eigenvalue weighted by molar-refractivity contribution is 5.92. The number of fused-ring (bicyclic) bond motifs is 1. The van der Waals surface area contributed by atoms with Crippen LogP contribution in [-0.2, 0) is 0 Å². The Labute approximate surface area is 106 Å². The van der Waals surface area contributed by atoms with Gasteiger partial charge in [-0.2, -0.15) is 0 Å². The fourth-order valence-electron chi connectivity index (χ4n) is 2.06. The lowest BCUT2D eigenvalue weighted by Gasteiger charge is -2.01. The van der Waals surface area contributed by atoms with Crippen LogP contribution in [0.4, 0.5) is 0 Å². The van der Waals surface area contributed by atoms with Crippen molar-refractivity contribution in [3.8, 4) is 0 Å². The molecule has 1 heteroatoms. The molecule has 3 aromatic rings. The molecule has 18 heavy (non-hydrogen) atoms. The summed E-state index contributed by atoms with van der Waals surface area (Å²) in [5, 5.41) is 2.56. The molecule has 0 radical (unpaired) electrons. The van der Waals surface area contributed by atoms with E-state index in [-0.39, 0.29) is 0 Å². The lowest BCUT2D eigenvalue weighted by atomic mass is 10.0. The summed E-state index contributed by atoms with van der Waals surface area (Å²) in [6.07, 6.45) is 7.88. The van der Waals surface area contributed by atoms with Crippen LogP contribution in [-0.4, -0.2) is 4.98 Å². The molecule has 0 unspecified atom stereocenters. The lowest BCUT2D eigenvalue weighted by Crippen LogP contribution is -1.78. The van der Waals surface area contributed by atoms with E-state index in [4.69, 9.17) is 0 Å². The molecule has 1 aromatic heterocycles. The molecule has 0 aliphatic heterocycles. The van der Waals surface area contributed by atoms with Gasteiger partial charge in [0.15, 0.2) is 0 Å². The van der Waals surface area contributed by atoms with Crippen molar-refractivity contribution in [2.75, 3.05) is 0 Å². The summed E-state index contributed by atoms with van der Waals surface area (Å²) in [4.78, 5) is 4.02. The van der Waals surface area contributed by atoms with Gasteiger partial charge in [-0.05, 0) is 34.0 Å². The Kier molecular flexibility index (Phi) is 2.89. The summed E-state index contributed by atoms with van der Waals surface area (Å²) in [6.45, 7) is 0. The molecular weight excluding hydrogens is 218 g/mol. The van der Waals surface area contributed by atoms with E-state index in [1.807, 2.05) is 24.5 Å². The highest BCUT2D eigenvalue weighted by Crippen LogP contribution is 2.20. The molecule has 86 valence electrons. The van der Waals surface area contributed by atoms with Crippen molar-refractivity contribution in [1.29, 1.82) is 0 Å². The van der Waals surface area contributed by atoms with Crippen LogP contribution in [0, 0.1) is 0 Å². The molecule has 0 spiro atoms. The highest BCUT2D eigenvalue weighted by Gasteiger charge is 1.95. The van der Waals surface area contributed by atoms with Crippen molar-refractivity contribution in [3.63, 3.8) is 0 Å². The normalized spacial score (nSPS) is 11.1. The highest BCUT2D eigenvalue weighted by atomic mass is 14.6. The second kappa shape index (κ2) is 4.84. The molecular formula is C17H13N.